The second-order valence-corrected chi connectivity index (χ2v) is 6.74. The van der Waals surface area contributed by atoms with E-state index in [-0.39, 0.29) is 11.4 Å². The Hall–Kier alpha value is -3.18. The average molecular weight is 442 g/mol. The lowest BCUT2D eigenvalue weighted by atomic mass is 10.1. The van der Waals surface area contributed by atoms with Crippen LogP contribution in [-0.4, -0.2) is 49.4 Å². The lowest BCUT2D eigenvalue weighted by Gasteiger charge is -2.15. The minimum absolute atomic E-state index is 0.205. The molecule has 2 heterocycles. The van der Waals surface area contributed by atoms with Crippen LogP contribution in [0.25, 0.3) is 16.9 Å². The number of amides is 1. The zero-order valence-corrected chi connectivity index (χ0v) is 16.1. The summed E-state index contributed by atoms with van der Waals surface area (Å²) in [6, 6.07) is 7.54. The van der Waals surface area contributed by atoms with Crippen molar-refractivity contribution in [2.75, 3.05) is 6.54 Å². The first-order chi connectivity index (χ1) is 14.1. The summed E-state index contributed by atoms with van der Waals surface area (Å²) in [5.41, 5.74) is -0.339. The highest BCUT2D eigenvalue weighted by Crippen LogP contribution is 2.21. The van der Waals surface area contributed by atoms with Crippen molar-refractivity contribution in [3.8, 4) is 16.9 Å². The lowest BCUT2D eigenvalue weighted by Crippen LogP contribution is -2.42. The SMILES string of the molecule is Cn1cc(-n2nc(-c3ccc(Cl)cc3)cc(C(=O)NC[C@H](O)C(F)(F)F)c2=O)cn1. The molecule has 0 bridgehead atoms. The number of aliphatic hydroxyl groups is 1. The molecule has 0 fully saturated rings. The third-order valence-corrected chi connectivity index (χ3v) is 4.32. The molecule has 0 aliphatic rings. The Balaban J connectivity index is 2.05. The van der Waals surface area contributed by atoms with Crippen LogP contribution in [0.5, 0.6) is 0 Å². The number of carbonyl (C=O) groups is 1. The number of hydrogen-bond donors (Lipinski definition) is 2. The van der Waals surface area contributed by atoms with Crippen molar-refractivity contribution < 1.29 is 23.1 Å². The molecule has 0 spiro atoms. The van der Waals surface area contributed by atoms with E-state index in [0.717, 1.165) is 10.7 Å². The number of benzene rings is 1. The molecule has 2 aromatic heterocycles. The highest BCUT2D eigenvalue weighted by Gasteiger charge is 2.38. The van der Waals surface area contributed by atoms with E-state index in [0.29, 0.717) is 10.6 Å². The number of aryl methyl sites for hydroxylation is 1. The van der Waals surface area contributed by atoms with E-state index in [1.54, 1.807) is 31.3 Å². The third kappa shape index (κ3) is 4.69. The summed E-state index contributed by atoms with van der Waals surface area (Å²) in [5, 5.41) is 19.7. The van der Waals surface area contributed by atoms with Crippen LogP contribution in [-0.2, 0) is 7.05 Å². The topological polar surface area (TPSA) is 102 Å². The van der Waals surface area contributed by atoms with Gasteiger partial charge in [0.15, 0.2) is 6.10 Å². The molecule has 158 valence electrons. The van der Waals surface area contributed by atoms with Crippen LogP contribution in [0.2, 0.25) is 5.02 Å². The number of rotatable bonds is 5. The number of carbonyl (C=O) groups excluding carboxylic acids is 1. The molecule has 1 aromatic carbocycles. The highest BCUT2D eigenvalue weighted by atomic mass is 35.5. The van der Waals surface area contributed by atoms with Gasteiger partial charge in [-0.25, -0.2) is 0 Å². The first-order valence-corrected chi connectivity index (χ1v) is 8.86. The fraction of sp³-hybridized carbons (Fsp3) is 0.222. The van der Waals surface area contributed by atoms with Crippen LogP contribution in [0.3, 0.4) is 0 Å². The summed E-state index contributed by atoms with van der Waals surface area (Å²) < 4.78 is 39.8. The number of hydrogen-bond acceptors (Lipinski definition) is 5. The van der Waals surface area contributed by atoms with Crippen molar-refractivity contribution in [1.82, 2.24) is 24.9 Å². The van der Waals surface area contributed by atoms with Gasteiger partial charge in [-0.05, 0) is 18.2 Å². The van der Waals surface area contributed by atoms with Gasteiger partial charge in [0.1, 0.15) is 11.3 Å². The van der Waals surface area contributed by atoms with Crippen molar-refractivity contribution >= 4 is 17.5 Å². The van der Waals surface area contributed by atoms with E-state index in [4.69, 9.17) is 16.7 Å². The molecule has 3 aromatic rings. The second kappa shape index (κ2) is 8.28. The molecule has 0 aliphatic carbocycles. The zero-order valence-electron chi connectivity index (χ0n) is 15.4. The van der Waals surface area contributed by atoms with Crippen LogP contribution < -0.4 is 10.9 Å². The van der Waals surface area contributed by atoms with E-state index in [1.165, 1.54) is 17.1 Å². The van der Waals surface area contributed by atoms with Gasteiger partial charge in [-0.15, -0.1) is 0 Å². The van der Waals surface area contributed by atoms with Crippen LogP contribution in [0.4, 0.5) is 13.2 Å². The number of halogens is 4. The number of aliphatic hydroxyl groups excluding tert-OH is 1. The largest absolute Gasteiger partial charge is 0.416 e. The van der Waals surface area contributed by atoms with Crippen molar-refractivity contribution in [3.63, 3.8) is 0 Å². The lowest BCUT2D eigenvalue weighted by molar-refractivity contribution is -0.201. The molecule has 8 nitrogen and oxygen atoms in total. The zero-order chi connectivity index (χ0) is 22.1. The molecule has 1 atom stereocenters. The van der Waals surface area contributed by atoms with Crippen molar-refractivity contribution in [3.05, 3.63) is 63.7 Å². The van der Waals surface area contributed by atoms with E-state index in [1.807, 2.05) is 5.32 Å². The van der Waals surface area contributed by atoms with Gasteiger partial charge >= 0.3 is 6.18 Å². The Bertz CT molecular complexity index is 1130. The van der Waals surface area contributed by atoms with Gasteiger partial charge < -0.3 is 10.4 Å². The summed E-state index contributed by atoms with van der Waals surface area (Å²) in [4.78, 5) is 25.2. The first-order valence-electron chi connectivity index (χ1n) is 8.48. The van der Waals surface area contributed by atoms with E-state index in [9.17, 15) is 22.8 Å². The first kappa shape index (κ1) is 21.5. The summed E-state index contributed by atoms with van der Waals surface area (Å²) in [6.45, 7) is -1.10. The van der Waals surface area contributed by atoms with Gasteiger partial charge in [-0.3, -0.25) is 14.3 Å². The van der Waals surface area contributed by atoms with E-state index in [2.05, 4.69) is 10.2 Å². The monoisotopic (exact) mass is 441 g/mol. The smallest absolute Gasteiger partial charge is 0.382 e. The molecule has 30 heavy (non-hydrogen) atoms. The maximum atomic E-state index is 12.8. The van der Waals surface area contributed by atoms with Gasteiger partial charge in [-0.1, -0.05) is 23.7 Å². The molecule has 1 amide bonds. The van der Waals surface area contributed by atoms with Crippen LogP contribution in [0.1, 0.15) is 10.4 Å². The Morgan fingerprint density at radius 2 is 1.97 bits per heavy atom. The van der Waals surface area contributed by atoms with Gasteiger partial charge in [0.25, 0.3) is 11.5 Å². The van der Waals surface area contributed by atoms with E-state index >= 15 is 0 Å². The molecular formula is C18H15ClF3N5O3. The highest BCUT2D eigenvalue weighted by molar-refractivity contribution is 6.30. The van der Waals surface area contributed by atoms with E-state index < -0.39 is 35.9 Å². The Kier molecular flexibility index (Phi) is 5.94. The third-order valence-electron chi connectivity index (χ3n) is 4.07. The molecule has 0 saturated heterocycles. The maximum Gasteiger partial charge on any atom is 0.416 e. The number of nitrogens with one attached hydrogen (secondary N) is 1. The molecule has 0 unspecified atom stereocenters. The maximum absolute atomic E-state index is 12.8. The minimum Gasteiger partial charge on any atom is -0.382 e. The van der Waals surface area contributed by atoms with Crippen LogP contribution in [0, 0.1) is 0 Å². The standard InChI is InChI=1S/C18H15ClF3N5O3/c1-26-9-12(7-24-26)27-17(30)13(16(29)23-8-15(28)18(20,21)22)6-14(25-27)10-2-4-11(19)5-3-10/h2-7,9,15,28H,8H2,1H3,(H,23,29)/t15-/m0/s1. The summed E-state index contributed by atoms with van der Waals surface area (Å²) in [5.74, 6) is -1.08. The minimum atomic E-state index is -4.91. The van der Waals surface area contributed by atoms with Crippen molar-refractivity contribution in [2.24, 2.45) is 7.05 Å². The molecular weight excluding hydrogens is 427 g/mol. The number of alkyl halides is 3. The van der Waals surface area contributed by atoms with Gasteiger partial charge in [0.2, 0.25) is 0 Å². The van der Waals surface area contributed by atoms with Gasteiger partial charge in [-0.2, -0.15) is 28.1 Å². The second-order valence-electron chi connectivity index (χ2n) is 6.31. The molecule has 0 saturated carbocycles. The Morgan fingerprint density at radius 1 is 1.30 bits per heavy atom. The summed E-state index contributed by atoms with van der Waals surface area (Å²) in [6.07, 6.45) is -4.85. The Labute approximate surface area is 172 Å². The van der Waals surface area contributed by atoms with Crippen molar-refractivity contribution in [2.45, 2.75) is 12.3 Å². The quantitative estimate of drug-likeness (QED) is 0.630. The summed E-state index contributed by atoms with van der Waals surface area (Å²) >= 11 is 5.88. The molecule has 3 rings (SSSR count). The predicted octanol–water partition coefficient (Wildman–Crippen LogP) is 1.94. The normalized spacial score (nSPS) is 12.6. The van der Waals surface area contributed by atoms with Gasteiger partial charge in [0.05, 0.1) is 24.6 Å². The fourth-order valence-electron chi connectivity index (χ4n) is 2.51. The number of aromatic nitrogens is 4. The van der Waals surface area contributed by atoms with Crippen LogP contribution >= 0.6 is 11.6 Å². The summed E-state index contributed by atoms with van der Waals surface area (Å²) in [7, 11) is 1.61. The predicted molar refractivity (Wildman–Crippen MR) is 101 cm³/mol. The molecule has 2 N–H and O–H groups in total. The molecule has 0 radical (unpaired) electrons. The van der Waals surface area contributed by atoms with Gasteiger partial charge in [0, 0.05) is 17.6 Å². The van der Waals surface area contributed by atoms with Crippen LogP contribution in [0.15, 0.2) is 47.5 Å². The number of nitrogens with zero attached hydrogens (tertiary/aromatic N) is 4. The Morgan fingerprint density at radius 3 is 2.53 bits per heavy atom. The average Bonchev–Trinajstić information content (AvgIpc) is 3.12. The fourth-order valence-corrected chi connectivity index (χ4v) is 2.64. The molecule has 12 heteroatoms. The van der Waals surface area contributed by atoms with Crippen molar-refractivity contribution in [1.29, 1.82) is 0 Å². The molecule has 0 aliphatic heterocycles.